The van der Waals surface area contributed by atoms with Crippen molar-refractivity contribution < 1.29 is 14.6 Å². The van der Waals surface area contributed by atoms with Crippen molar-refractivity contribution in [3.8, 4) is 11.5 Å². The van der Waals surface area contributed by atoms with Crippen molar-refractivity contribution in [2.45, 2.75) is 13.8 Å². The highest BCUT2D eigenvalue weighted by Gasteiger charge is 2.32. The molecule has 0 saturated carbocycles. The number of methoxy groups -OCH3 is 1. The number of aliphatic imine (C=N–C) groups is 1. The van der Waals surface area contributed by atoms with Crippen LogP contribution >= 0.6 is 11.8 Å². The van der Waals surface area contributed by atoms with Gasteiger partial charge in [0, 0.05) is 6.54 Å². The molecule has 1 amide bonds. The van der Waals surface area contributed by atoms with Crippen molar-refractivity contribution >= 4 is 34.6 Å². The summed E-state index contributed by atoms with van der Waals surface area (Å²) in [6.45, 7) is 4.50. The normalized spacial score (nSPS) is 17.3. The maximum absolute atomic E-state index is 12.7. The zero-order chi connectivity index (χ0) is 18.7. The van der Waals surface area contributed by atoms with Crippen LogP contribution in [0.15, 0.2) is 52.4 Å². The van der Waals surface area contributed by atoms with Crippen LogP contribution in [0.2, 0.25) is 0 Å². The van der Waals surface area contributed by atoms with Crippen molar-refractivity contribution in [1.29, 1.82) is 0 Å². The Kier molecular flexibility index (Phi) is 5.32. The van der Waals surface area contributed by atoms with Gasteiger partial charge in [-0.1, -0.05) is 23.8 Å². The summed E-state index contributed by atoms with van der Waals surface area (Å²) in [6, 6.07) is 12.9. The van der Waals surface area contributed by atoms with Gasteiger partial charge in [0.25, 0.3) is 5.91 Å². The maximum atomic E-state index is 12.7. The van der Waals surface area contributed by atoms with Gasteiger partial charge in [0.05, 0.1) is 17.7 Å². The highest BCUT2D eigenvalue weighted by molar-refractivity contribution is 8.18. The highest BCUT2D eigenvalue weighted by Crippen LogP contribution is 2.35. The molecule has 0 atom stereocenters. The molecule has 2 aromatic rings. The molecule has 1 heterocycles. The first-order valence-electron chi connectivity index (χ1n) is 8.25. The van der Waals surface area contributed by atoms with Crippen LogP contribution in [-0.4, -0.2) is 34.7 Å². The predicted octanol–water partition coefficient (Wildman–Crippen LogP) is 4.33. The lowest BCUT2D eigenvalue weighted by Gasteiger charge is -2.12. The van der Waals surface area contributed by atoms with Gasteiger partial charge in [0.1, 0.15) is 0 Å². The molecular weight excluding hydrogens is 348 g/mol. The quantitative estimate of drug-likeness (QED) is 0.816. The molecule has 0 spiro atoms. The SMILES string of the molecule is CCN1C(=O)/C(=C\c2ccc(O)c(OC)c2)SC1=Nc1ccc(C)cc1. The molecule has 6 heteroatoms. The van der Waals surface area contributed by atoms with Crippen LogP contribution in [0.3, 0.4) is 0 Å². The third-order valence-corrected chi connectivity index (χ3v) is 4.97. The molecule has 0 bridgehead atoms. The highest BCUT2D eigenvalue weighted by atomic mass is 32.2. The van der Waals surface area contributed by atoms with Gasteiger partial charge in [-0.25, -0.2) is 4.99 Å². The van der Waals surface area contributed by atoms with E-state index in [1.54, 1.807) is 29.2 Å². The number of likely N-dealkylation sites (N-methyl/N-ethyl adjacent to an activating group) is 1. The molecule has 1 aliphatic rings. The number of amidine groups is 1. The number of hydrogen-bond donors (Lipinski definition) is 1. The summed E-state index contributed by atoms with van der Waals surface area (Å²) in [5.41, 5.74) is 2.76. The Labute approximate surface area is 157 Å². The molecule has 3 rings (SSSR count). The predicted molar refractivity (Wildman–Crippen MR) is 106 cm³/mol. The van der Waals surface area contributed by atoms with Gasteiger partial charge in [0.15, 0.2) is 16.7 Å². The Bertz CT molecular complexity index is 888. The molecular formula is C20H20N2O3S. The van der Waals surface area contributed by atoms with Gasteiger partial charge >= 0.3 is 0 Å². The minimum atomic E-state index is -0.0737. The van der Waals surface area contributed by atoms with E-state index in [0.29, 0.717) is 22.4 Å². The van der Waals surface area contributed by atoms with Crippen LogP contribution in [0.25, 0.3) is 6.08 Å². The first-order chi connectivity index (χ1) is 12.5. The second-order valence-corrected chi connectivity index (χ2v) is 6.83. The van der Waals surface area contributed by atoms with Gasteiger partial charge in [-0.3, -0.25) is 9.69 Å². The van der Waals surface area contributed by atoms with E-state index in [9.17, 15) is 9.90 Å². The lowest BCUT2D eigenvalue weighted by atomic mass is 10.2. The molecule has 0 aliphatic carbocycles. The Morgan fingerprint density at radius 1 is 1.23 bits per heavy atom. The molecule has 0 unspecified atom stereocenters. The summed E-state index contributed by atoms with van der Waals surface area (Å²) in [5, 5.41) is 10.4. The summed E-state index contributed by atoms with van der Waals surface area (Å²) in [7, 11) is 1.49. The third-order valence-electron chi connectivity index (χ3n) is 3.96. The van der Waals surface area contributed by atoms with Crippen LogP contribution < -0.4 is 4.74 Å². The van der Waals surface area contributed by atoms with Crippen LogP contribution in [-0.2, 0) is 4.79 Å². The number of benzene rings is 2. The number of phenols is 1. The van der Waals surface area contributed by atoms with Crippen molar-refractivity contribution in [1.82, 2.24) is 4.90 Å². The van der Waals surface area contributed by atoms with Crippen molar-refractivity contribution in [2.75, 3.05) is 13.7 Å². The molecule has 1 N–H and O–H groups in total. The molecule has 5 nitrogen and oxygen atoms in total. The Morgan fingerprint density at radius 2 is 1.96 bits per heavy atom. The smallest absolute Gasteiger partial charge is 0.266 e. The number of rotatable bonds is 4. The van der Waals surface area contributed by atoms with E-state index in [0.717, 1.165) is 11.3 Å². The van der Waals surface area contributed by atoms with Gasteiger partial charge < -0.3 is 9.84 Å². The standard InChI is InChI=1S/C20H20N2O3S/c1-4-22-19(24)18(12-14-7-10-16(23)17(11-14)25-3)26-20(22)21-15-8-5-13(2)6-9-15/h5-12,23H,4H2,1-3H3/b18-12+,21-20?. The van der Waals surface area contributed by atoms with Crippen molar-refractivity contribution in [2.24, 2.45) is 4.99 Å². The number of amides is 1. The summed E-state index contributed by atoms with van der Waals surface area (Å²) < 4.78 is 5.12. The number of aromatic hydroxyl groups is 1. The first kappa shape index (κ1) is 18.1. The van der Waals surface area contributed by atoms with E-state index < -0.39 is 0 Å². The molecule has 1 aliphatic heterocycles. The van der Waals surface area contributed by atoms with Crippen LogP contribution in [0.1, 0.15) is 18.1 Å². The number of hydrogen-bond acceptors (Lipinski definition) is 5. The molecule has 26 heavy (non-hydrogen) atoms. The fourth-order valence-corrected chi connectivity index (χ4v) is 3.60. The van der Waals surface area contributed by atoms with Gasteiger partial charge in [-0.2, -0.15) is 0 Å². The lowest BCUT2D eigenvalue weighted by Crippen LogP contribution is -2.28. The number of phenolic OH excluding ortho intramolecular Hbond substituents is 1. The monoisotopic (exact) mass is 368 g/mol. The first-order valence-corrected chi connectivity index (χ1v) is 9.07. The van der Waals surface area contributed by atoms with E-state index in [1.165, 1.54) is 24.4 Å². The Morgan fingerprint density at radius 3 is 2.62 bits per heavy atom. The minimum Gasteiger partial charge on any atom is -0.504 e. The molecule has 1 saturated heterocycles. The second kappa shape index (κ2) is 7.66. The van der Waals surface area contributed by atoms with E-state index in [4.69, 9.17) is 4.74 Å². The Balaban J connectivity index is 1.92. The zero-order valence-corrected chi connectivity index (χ0v) is 15.7. The minimum absolute atomic E-state index is 0.0665. The summed E-state index contributed by atoms with van der Waals surface area (Å²) in [6.07, 6.45) is 1.79. The van der Waals surface area contributed by atoms with E-state index in [2.05, 4.69) is 4.99 Å². The summed E-state index contributed by atoms with van der Waals surface area (Å²) in [4.78, 5) is 19.6. The summed E-state index contributed by atoms with van der Waals surface area (Å²) in [5.74, 6) is 0.364. The number of aryl methyl sites for hydroxylation is 1. The van der Waals surface area contributed by atoms with E-state index in [1.807, 2.05) is 38.1 Å². The largest absolute Gasteiger partial charge is 0.504 e. The third kappa shape index (κ3) is 3.75. The fourth-order valence-electron chi connectivity index (χ4n) is 2.54. The second-order valence-electron chi connectivity index (χ2n) is 5.82. The average Bonchev–Trinajstić information content (AvgIpc) is 2.93. The van der Waals surface area contributed by atoms with Gasteiger partial charge in [-0.05, 0) is 61.5 Å². The molecule has 134 valence electrons. The number of carbonyl (C=O) groups excluding carboxylic acids is 1. The number of thioether (sulfide) groups is 1. The van der Waals surface area contributed by atoms with Crippen molar-refractivity contribution in [3.63, 3.8) is 0 Å². The van der Waals surface area contributed by atoms with Crippen molar-refractivity contribution in [3.05, 3.63) is 58.5 Å². The van der Waals surface area contributed by atoms with E-state index >= 15 is 0 Å². The molecule has 0 aromatic heterocycles. The van der Waals surface area contributed by atoms with Gasteiger partial charge in [-0.15, -0.1) is 0 Å². The average molecular weight is 368 g/mol. The van der Waals surface area contributed by atoms with E-state index in [-0.39, 0.29) is 11.7 Å². The number of ether oxygens (including phenoxy) is 1. The molecule has 2 aromatic carbocycles. The Hall–Kier alpha value is -2.73. The molecule has 0 radical (unpaired) electrons. The fraction of sp³-hybridized carbons (Fsp3) is 0.200. The number of nitrogens with zero attached hydrogens (tertiary/aromatic N) is 2. The lowest BCUT2D eigenvalue weighted by molar-refractivity contribution is -0.122. The van der Waals surface area contributed by atoms with Crippen LogP contribution in [0, 0.1) is 6.92 Å². The number of carbonyl (C=O) groups is 1. The zero-order valence-electron chi connectivity index (χ0n) is 14.9. The summed E-state index contributed by atoms with van der Waals surface area (Å²) >= 11 is 1.35. The topological polar surface area (TPSA) is 62.1 Å². The maximum Gasteiger partial charge on any atom is 0.266 e. The van der Waals surface area contributed by atoms with Crippen LogP contribution in [0.4, 0.5) is 5.69 Å². The van der Waals surface area contributed by atoms with Gasteiger partial charge in [0.2, 0.25) is 0 Å². The molecule has 1 fully saturated rings. The van der Waals surface area contributed by atoms with Crippen LogP contribution in [0.5, 0.6) is 11.5 Å².